The van der Waals surface area contributed by atoms with Crippen molar-refractivity contribution in [3.05, 3.63) is 64.2 Å². The van der Waals surface area contributed by atoms with Crippen LogP contribution in [0.4, 0.5) is 5.69 Å². The van der Waals surface area contributed by atoms with Gasteiger partial charge in [-0.1, -0.05) is 29.8 Å². The number of aryl methyl sites for hydroxylation is 3. The molecule has 3 N–H and O–H groups in total. The molecule has 0 aliphatic rings. The summed E-state index contributed by atoms with van der Waals surface area (Å²) in [6.07, 6.45) is 0. The molecule has 2 rings (SSSR count). The largest absolute Gasteiger partial charge is 0.399 e. The number of rotatable bonds is 4. The molecule has 0 aliphatic carbocycles. The van der Waals surface area contributed by atoms with Crippen molar-refractivity contribution < 1.29 is 0 Å². The van der Waals surface area contributed by atoms with E-state index >= 15 is 0 Å². The van der Waals surface area contributed by atoms with E-state index in [9.17, 15) is 0 Å². The minimum absolute atomic E-state index is 0.814. The van der Waals surface area contributed by atoms with E-state index in [-0.39, 0.29) is 0 Å². The summed E-state index contributed by atoms with van der Waals surface area (Å²) in [5.74, 6) is 0. The molecule has 2 aromatic rings. The van der Waals surface area contributed by atoms with Crippen LogP contribution in [-0.4, -0.2) is 0 Å². The topological polar surface area (TPSA) is 38.0 Å². The van der Waals surface area contributed by atoms with E-state index in [1.807, 2.05) is 12.1 Å². The SMILES string of the molecule is Cc1cc(C)c(CNCc2ccc(N)cc2)c(C)c1. The zero-order chi connectivity index (χ0) is 13.8. The number of anilines is 1. The third-order valence-electron chi connectivity index (χ3n) is 3.45. The smallest absolute Gasteiger partial charge is 0.0314 e. The van der Waals surface area contributed by atoms with Gasteiger partial charge in [-0.3, -0.25) is 0 Å². The van der Waals surface area contributed by atoms with Gasteiger partial charge in [0, 0.05) is 18.8 Å². The predicted octanol–water partition coefficient (Wildman–Crippen LogP) is 3.48. The number of nitrogens with two attached hydrogens (primary N) is 1. The van der Waals surface area contributed by atoms with Gasteiger partial charge >= 0.3 is 0 Å². The Bertz CT molecular complexity index is 533. The molecule has 2 aromatic carbocycles. The number of benzene rings is 2. The average molecular weight is 254 g/mol. The lowest BCUT2D eigenvalue weighted by Gasteiger charge is -2.12. The van der Waals surface area contributed by atoms with Crippen LogP contribution in [0.25, 0.3) is 0 Å². The van der Waals surface area contributed by atoms with Crippen LogP contribution in [0.15, 0.2) is 36.4 Å². The molecular formula is C17H22N2. The van der Waals surface area contributed by atoms with Crippen molar-refractivity contribution in [2.45, 2.75) is 33.9 Å². The van der Waals surface area contributed by atoms with Gasteiger partial charge in [-0.25, -0.2) is 0 Å². The first-order valence-corrected chi connectivity index (χ1v) is 6.68. The van der Waals surface area contributed by atoms with Crippen LogP contribution in [0.5, 0.6) is 0 Å². The molecule has 0 spiro atoms. The molecule has 0 heterocycles. The molecule has 0 radical (unpaired) electrons. The van der Waals surface area contributed by atoms with Crippen molar-refractivity contribution in [3.8, 4) is 0 Å². The standard InChI is InChI=1S/C17H22N2/c1-12-8-13(2)17(14(3)9-12)11-19-10-15-4-6-16(18)7-5-15/h4-9,19H,10-11,18H2,1-3H3. The lowest BCUT2D eigenvalue weighted by atomic mass is 10.00. The Hall–Kier alpha value is -1.80. The van der Waals surface area contributed by atoms with E-state index in [0.717, 1.165) is 18.8 Å². The molecule has 19 heavy (non-hydrogen) atoms. The van der Waals surface area contributed by atoms with E-state index < -0.39 is 0 Å². The van der Waals surface area contributed by atoms with Crippen molar-refractivity contribution in [1.29, 1.82) is 0 Å². The van der Waals surface area contributed by atoms with Gasteiger partial charge in [0.25, 0.3) is 0 Å². The molecule has 0 unspecified atom stereocenters. The minimum Gasteiger partial charge on any atom is -0.399 e. The third-order valence-corrected chi connectivity index (χ3v) is 3.45. The van der Waals surface area contributed by atoms with Gasteiger partial charge in [-0.05, 0) is 55.2 Å². The first kappa shape index (κ1) is 13.6. The first-order chi connectivity index (χ1) is 9.06. The summed E-state index contributed by atoms with van der Waals surface area (Å²) in [7, 11) is 0. The molecule has 0 saturated carbocycles. The Morgan fingerprint density at radius 2 is 1.47 bits per heavy atom. The van der Waals surface area contributed by atoms with Crippen molar-refractivity contribution in [3.63, 3.8) is 0 Å². The van der Waals surface area contributed by atoms with E-state index in [4.69, 9.17) is 5.73 Å². The van der Waals surface area contributed by atoms with Crippen LogP contribution in [-0.2, 0) is 13.1 Å². The summed E-state index contributed by atoms with van der Waals surface area (Å²) >= 11 is 0. The van der Waals surface area contributed by atoms with Gasteiger partial charge < -0.3 is 11.1 Å². The summed E-state index contributed by atoms with van der Waals surface area (Å²) in [5.41, 5.74) is 13.2. The van der Waals surface area contributed by atoms with Crippen LogP contribution in [0, 0.1) is 20.8 Å². The second kappa shape index (κ2) is 5.89. The second-order valence-corrected chi connectivity index (χ2v) is 5.22. The van der Waals surface area contributed by atoms with E-state index in [0.29, 0.717) is 0 Å². The fourth-order valence-electron chi connectivity index (χ4n) is 2.46. The van der Waals surface area contributed by atoms with Gasteiger partial charge in [0.1, 0.15) is 0 Å². The molecule has 0 fully saturated rings. The molecule has 0 amide bonds. The summed E-state index contributed by atoms with van der Waals surface area (Å²) < 4.78 is 0. The number of hydrogen-bond donors (Lipinski definition) is 2. The Kier molecular flexibility index (Phi) is 4.23. The highest BCUT2D eigenvalue weighted by molar-refractivity contribution is 5.39. The van der Waals surface area contributed by atoms with Crippen LogP contribution in [0.1, 0.15) is 27.8 Å². The number of nitrogens with one attached hydrogen (secondary N) is 1. The molecule has 2 nitrogen and oxygen atoms in total. The monoisotopic (exact) mass is 254 g/mol. The Morgan fingerprint density at radius 1 is 0.895 bits per heavy atom. The molecule has 100 valence electrons. The Morgan fingerprint density at radius 3 is 2.05 bits per heavy atom. The fraction of sp³-hybridized carbons (Fsp3) is 0.294. The van der Waals surface area contributed by atoms with Gasteiger partial charge in [-0.2, -0.15) is 0 Å². The molecular weight excluding hydrogens is 232 g/mol. The predicted molar refractivity (Wildman–Crippen MR) is 82.1 cm³/mol. The highest BCUT2D eigenvalue weighted by atomic mass is 14.8. The van der Waals surface area contributed by atoms with Gasteiger partial charge in [-0.15, -0.1) is 0 Å². The number of nitrogen functional groups attached to an aromatic ring is 1. The van der Waals surface area contributed by atoms with Crippen molar-refractivity contribution in [2.75, 3.05) is 5.73 Å². The quantitative estimate of drug-likeness (QED) is 0.820. The molecule has 0 aromatic heterocycles. The van der Waals surface area contributed by atoms with Gasteiger partial charge in [0.15, 0.2) is 0 Å². The normalized spacial score (nSPS) is 10.7. The summed E-state index contributed by atoms with van der Waals surface area (Å²) in [6.45, 7) is 8.28. The highest BCUT2D eigenvalue weighted by Gasteiger charge is 2.03. The third kappa shape index (κ3) is 3.58. The maximum atomic E-state index is 5.68. The van der Waals surface area contributed by atoms with E-state index in [1.165, 1.54) is 27.8 Å². The fourth-order valence-corrected chi connectivity index (χ4v) is 2.46. The minimum atomic E-state index is 0.814. The Balaban J connectivity index is 1.98. The van der Waals surface area contributed by atoms with Crippen molar-refractivity contribution in [2.24, 2.45) is 0 Å². The lowest BCUT2D eigenvalue weighted by Crippen LogP contribution is -2.14. The summed E-state index contributed by atoms with van der Waals surface area (Å²) in [4.78, 5) is 0. The van der Waals surface area contributed by atoms with Gasteiger partial charge in [0.2, 0.25) is 0 Å². The maximum Gasteiger partial charge on any atom is 0.0314 e. The molecule has 2 heteroatoms. The van der Waals surface area contributed by atoms with E-state index in [1.54, 1.807) is 0 Å². The average Bonchev–Trinajstić information content (AvgIpc) is 2.34. The van der Waals surface area contributed by atoms with E-state index in [2.05, 4.69) is 50.4 Å². The molecule has 0 saturated heterocycles. The first-order valence-electron chi connectivity index (χ1n) is 6.68. The highest BCUT2D eigenvalue weighted by Crippen LogP contribution is 2.16. The van der Waals surface area contributed by atoms with Crippen LogP contribution in [0.3, 0.4) is 0 Å². The van der Waals surface area contributed by atoms with Crippen molar-refractivity contribution >= 4 is 5.69 Å². The van der Waals surface area contributed by atoms with Crippen molar-refractivity contribution in [1.82, 2.24) is 5.32 Å². The zero-order valence-electron chi connectivity index (χ0n) is 12.0. The number of hydrogen-bond acceptors (Lipinski definition) is 2. The second-order valence-electron chi connectivity index (χ2n) is 5.22. The molecule has 0 atom stereocenters. The van der Waals surface area contributed by atoms with Crippen LogP contribution in [0.2, 0.25) is 0 Å². The Labute approximate surface area is 115 Å². The van der Waals surface area contributed by atoms with Crippen LogP contribution < -0.4 is 11.1 Å². The maximum absolute atomic E-state index is 5.68. The van der Waals surface area contributed by atoms with Crippen LogP contribution >= 0.6 is 0 Å². The van der Waals surface area contributed by atoms with Gasteiger partial charge in [0.05, 0.1) is 0 Å². The lowest BCUT2D eigenvalue weighted by molar-refractivity contribution is 0.687. The summed E-state index contributed by atoms with van der Waals surface area (Å²) in [5, 5.41) is 3.50. The molecule has 0 bridgehead atoms. The molecule has 0 aliphatic heterocycles. The zero-order valence-corrected chi connectivity index (χ0v) is 12.0. The summed E-state index contributed by atoms with van der Waals surface area (Å²) in [6, 6.07) is 12.5.